The molecule has 1 radical (unpaired) electrons. The summed E-state index contributed by atoms with van der Waals surface area (Å²) >= 11 is 0. The van der Waals surface area contributed by atoms with Crippen molar-refractivity contribution in [1.29, 1.82) is 0 Å². The van der Waals surface area contributed by atoms with Crippen molar-refractivity contribution in [3.63, 3.8) is 0 Å². The predicted molar refractivity (Wildman–Crippen MR) is 170 cm³/mol. The van der Waals surface area contributed by atoms with E-state index in [0.29, 0.717) is 0 Å². The monoisotopic (exact) mass is 837 g/mol. The van der Waals surface area contributed by atoms with Crippen molar-refractivity contribution >= 4 is 47.7 Å². The van der Waals surface area contributed by atoms with Gasteiger partial charge in [-0.3, -0.25) is 0 Å². The Hall–Kier alpha value is -1.85. The zero-order chi connectivity index (χ0) is 25.8. The minimum Gasteiger partial charge on any atom is -1.00 e. The Labute approximate surface area is 291 Å². The number of hydrogen-bond donors (Lipinski definition) is 0. The zero-order valence-electron chi connectivity index (χ0n) is 22.3. The Morgan fingerprint density at radius 1 is 0.220 bits per heavy atom. The van der Waals surface area contributed by atoms with E-state index in [1.165, 1.54) is 31.8 Å². The third-order valence-corrected chi connectivity index (χ3v) is 11.0. The second-order valence-corrected chi connectivity index (χ2v) is 13.1. The summed E-state index contributed by atoms with van der Waals surface area (Å²) in [6.07, 6.45) is 0. The molecule has 0 unspecified atom stereocenters. The van der Waals surface area contributed by atoms with Crippen molar-refractivity contribution in [3.05, 3.63) is 182 Å². The smallest absolute Gasteiger partial charge is 1.00 e. The fraction of sp³-hybridized carbons (Fsp3) is 0. The van der Waals surface area contributed by atoms with Gasteiger partial charge in [-0.05, 0) is 47.7 Å². The summed E-state index contributed by atoms with van der Waals surface area (Å²) < 4.78 is 0. The summed E-state index contributed by atoms with van der Waals surface area (Å²) in [6, 6.07) is 64.7. The first kappa shape index (κ1) is 35.3. The van der Waals surface area contributed by atoms with Crippen LogP contribution in [0.1, 0.15) is 0 Å². The molecule has 6 aromatic rings. The summed E-state index contributed by atoms with van der Waals surface area (Å²) in [4.78, 5) is 0. The van der Waals surface area contributed by atoms with E-state index in [9.17, 15) is 0 Å². The summed E-state index contributed by atoms with van der Waals surface area (Å²) in [7, 11) is -0.892. The number of rotatable bonds is 6. The fourth-order valence-electron chi connectivity index (χ4n) is 4.36. The molecule has 0 saturated heterocycles. The molecule has 41 heavy (non-hydrogen) atoms. The van der Waals surface area contributed by atoms with E-state index in [1.54, 1.807) is 0 Å². The molecule has 0 aliphatic rings. The first-order valence-corrected chi connectivity index (χ1v) is 15.5. The van der Waals surface area contributed by atoms with Gasteiger partial charge in [0, 0.05) is 0 Å². The van der Waals surface area contributed by atoms with Crippen LogP contribution in [-0.4, -0.2) is 0 Å². The average Bonchev–Trinajstić information content (AvgIpc) is 3.01. The molecule has 6 rings (SSSR count). The van der Waals surface area contributed by atoms with Gasteiger partial charge in [-0.2, -0.15) is 0 Å². The largest absolute Gasteiger partial charge is 2.00 e. The van der Waals surface area contributed by atoms with Gasteiger partial charge in [-0.25, -0.2) is 0 Å². The molecule has 0 atom stereocenters. The quantitative estimate of drug-likeness (QED) is 0.173. The molecule has 5 heteroatoms. The Bertz CT molecular complexity index is 1180. The molecular formula is C36H30CoI2P2. The van der Waals surface area contributed by atoms with E-state index in [1.807, 2.05) is 0 Å². The molecule has 6 aromatic carbocycles. The summed E-state index contributed by atoms with van der Waals surface area (Å²) in [5.74, 6) is 0. The maximum atomic E-state index is 2.23. The van der Waals surface area contributed by atoms with Crippen LogP contribution >= 0.6 is 15.8 Å². The van der Waals surface area contributed by atoms with Gasteiger partial charge in [-0.15, -0.1) is 0 Å². The van der Waals surface area contributed by atoms with Crippen molar-refractivity contribution in [1.82, 2.24) is 0 Å². The van der Waals surface area contributed by atoms with E-state index >= 15 is 0 Å². The molecule has 0 spiro atoms. The van der Waals surface area contributed by atoms with Crippen molar-refractivity contribution in [3.8, 4) is 0 Å². The first-order valence-electron chi connectivity index (χ1n) is 12.8. The molecule has 0 amide bonds. The molecule has 0 aromatic heterocycles. The maximum Gasteiger partial charge on any atom is 2.00 e. The fourth-order valence-corrected chi connectivity index (χ4v) is 8.97. The van der Waals surface area contributed by atoms with Crippen molar-refractivity contribution < 1.29 is 64.7 Å². The Morgan fingerprint density at radius 3 is 0.463 bits per heavy atom. The van der Waals surface area contributed by atoms with Gasteiger partial charge in [0.1, 0.15) is 0 Å². The van der Waals surface area contributed by atoms with Gasteiger partial charge in [0.15, 0.2) is 0 Å². The Balaban J connectivity index is 0.000000267. The van der Waals surface area contributed by atoms with E-state index in [-0.39, 0.29) is 64.7 Å². The van der Waals surface area contributed by atoms with E-state index < -0.39 is 15.8 Å². The second kappa shape index (κ2) is 19.4. The van der Waals surface area contributed by atoms with Crippen LogP contribution in [0, 0.1) is 0 Å². The van der Waals surface area contributed by atoms with Crippen LogP contribution in [-0.2, 0) is 16.8 Å². The number of hydrogen-bond acceptors (Lipinski definition) is 0. The summed E-state index contributed by atoms with van der Waals surface area (Å²) in [5, 5.41) is 8.39. The van der Waals surface area contributed by atoms with Gasteiger partial charge < -0.3 is 48.0 Å². The third-order valence-electron chi connectivity index (χ3n) is 6.09. The average molecular weight is 837 g/mol. The van der Waals surface area contributed by atoms with Crippen LogP contribution in [0.5, 0.6) is 0 Å². The molecule has 0 aliphatic carbocycles. The van der Waals surface area contributed by atoms with Gasteiger partial charge >= 0.3 is 16.8 Å². The van der Waals surface area contributed by atoms with Gasteiger partial charge in [-0.1, -0.05) is 182 Å². The standard InChI is InChI=1S/2C18H15P.Co.2HI/c2*1-4-10-16(11-5-1)19(17-12-6-2-7-13-17)18-14-8-3-9-15-18;;;/h2*1-15H;;2*1H/q;;+2;;/p-2. The van der Waals surface area contributed by atoms with E-state index in [4.69, 9.17) is 0 Å². The molecule has 0 aliphatic heterocycles. The molecule has 0 N–H and O–H groups in total. The van der Waals surface area contributed by atoms with E-state index in [0.717, 1.165) is 0 Å². The summed E-state index contributed by atoms with van der Waals surface area (Å²) in [5.41, 5.74) is 0. The van der Waals surface area contributed by atoms with Gasteiger partial charge in [0.05, 0.1) is 0 Å². The van der Waals surface area contributed by atoms with Gasteiger partial charge in [0.2, 0.25) is 0 Å². The van der Waals surface area contributed by atoms with Crippen molar-refractivity contribution in [2.24, 2.45) is 0 Å². The molecule has 0 heterocycles. The van der Waals surface area contributed by atoms with E-state index in [2.05, 4.69) is 182 Å². The topological polar surface area (TPSA) is 0 Å². The van der Waals surface area contributed by atoms with Crippen molar-refractivity contribution in [2.45, 2.75) is 0 Å². The molecule has 0 nitrogen and oxygen atoms in total. The van der Waals surface area contributed by atoms with Crippen molar-refractivity contribution in [2.75, 3.05) is 0 Å². The van der Waals surface area contributed by atoms with Crippen LogP contribution < -0.4 is 79.8 Å². The zero-order valence-corrected chi connectivity index (χ0v) is 29.4. The number of halogens is 2. The molecular weight excluding hydrogens is 807 g/mol. The molecule has 0 bridgehead atoms. The normalized spacial score (nSPS) is 9.80. The third kappa shape index (κ3) is 10.1. The molecule has 0 saturated carbocycles. The van der Waals surface area contributed by atoms with Crippen LogP contribution in [0.15, 0.2) is 182 Å². The minimum absolute atomic E-state index is 0. The molecule has 0 fully saturated rings. The SMILES string of the molecule is [Co+2].[I-].[I-].c1ccc(P(c2ccccc2)c2ccccc2)cc1.c1ccc(P(c2ccccc2)c2ccccc2)cc1. The summed E-state index contributed by atoms with van der Waals surface area (Å²) in [6.45, 7) is 0. The van der Waals surface area contributed by atoms with Crippen LogP contribution in [0.2, 0.25) is 0 Å². The van der Waals surface area contributed by atoms with Crippen LogP contribution in [0.3, 0.4) is 0 Å². The first-order chi connectivity index (χ1) is 18.9. The number of benzene rings is 6. The molecule has 207 valence electrons. The van der Waals surface area contributed by atoms with Gasteiger partial charge in [0.25, 0.3) is 0 Å². The maximum absolute atomic E-state index is 2.23. The predicted octanol–water partition coefficient (Wildman–Crippen LogP) is 0.895. The minimum atomic E-state index is -0.446. The van der Waals surface area contributed by atoms with Crippen LogP contribution in [0.25, 0.3) is 0 Å². The van der Waals surface area contributed by atoms with Crippen LogP contribution in [0.4, 0.5) is 0 Å². The Morgan fingerprint density at radius 2 is 0.341 bits per heavy atom. The Kier molecular flexibility index (Phi) is 16.7. The second-order valence-electron chi connectivity index (χ2n) is 8.68.